The van der Waals surface area contributed by atoms with Gasteiger partial charge in [0.1, 0.15) is 29.9 Å². The molecule has 0 unspecified atom stereocenters. The number of carbonyl (C=O) groups excluding carboxylic acids is 3. The van der Waals surface area contributed by atoms with Gasteiger partial charge < -0.3 is 35.4 Å². The highest BCUT2D eigenvalue weighted by atomic mass is 16.6. The van der Waals surface area contributed by atoms with E-state index in [0.717, 1.165) is 11.1 Å². The lowest BCUT2D eigenvalue weighted by atomic mass is 9.65. The van der Waals surface area contributed by atoms with Gasteiger partial charge in [-0.3, -0.25) is 19.3 Å². The Morgan fingerprint density at radius 1 is 0.828 bits per heavy atom. The number of nitrogens with zero attached hydrogens (tertiary/aromatic N) is 1. The predicted molar refractivity (Wildman–Crippen MR) is 215 cm³/mol. The van der Waals surface area contributed by atoms with Crippen molar-refractivity contribution in [2.24, 2.45) is 5.92 Å². The molecule has 8 rings (SSSR count). The second kappa shape index (κ2) is 16.7. The van der Waals surface area contributed by atoms with E-state index >= 15 is 9.59 Å². The van der Waals surface area contributed by atoms with Gasteiger partial charge in [-0.15, -0.1) is 0 Å². The Bertz CT molecular complexity index is 2350. The minimum atomic E-state index is -1.77. The third kappa shape index (κ3) is 6.90. The van der Waals surface area contributed by atoms with Gasteiger partial charge in [-0.1, -0.05) is 115 Å². The van der Waals surface area contributed by atoms with E-state index < -0.39 is 59.5 Å². The lowest BCUT2D eigenvalue weighted by Gasteiger charge is -2.46. The Hall–Kier alpha value is -6.29. The zero-order valence-electron chi connectivity index (χ0n) is 31.5. The van der Waals surface area contributed by atoms with Gasteiger partial charge in [0.2, 0.25) is 11.8 Å². The lowest BCUT2D eigenvalue weighted by Crippen LogP contribution is -2.55. The van der Waals surface area contributed by atoms with E-state index in [1.807, 2.05) is 77.7 Å². The van der Waals surface area contributed by atoms with Crippen molar-refractivity contribution in [3.8, 4) is 17.6 Å². The van der Waals surface area contributed by atoms with Gasteiger partial charge in [-0.05, 0) is 58.1 Å². The van der Waals surface area contributed by atoms with Gasteiger partial charge in [0, 0.05) is 24.2 Å². The highest BCUT2D eigenvalue weighted by Crippen LogP contribution is 2.65. The monoisotopic (exact) mass is 777 g/mol. The van der Waals surface area contributed by atoms with Crippen LogP contribution in [0.25, 0.3) is 0 Å². The molecule has 0 aliphatic carbocycles. The summed E-state index contributed by atoms with van der Waals surface area (Å²) < 4.78 is 12.4. The van der Waals surface area contributed by atoms with Gasteiger partial charge in [0.05, 0.1) is 37.3 Å². The number of aliphatic hydroxyl groups excluding tert-OH is 3. The van der Waals surface area contributed by atoms with Crippen molar-refractivity contribution < 1.29 is 39.2 Å². The molecule has 0 aromatic heterocycles. The molecule has 5 N–H and O–H groups in total. The fraction of sp³-hybridized carbons (Fsp3) is 0.255. The third-order valence-electron chi connectivity index (χ3n) is 11.2. The van der Waals surface area contributed by atoms with Gasteiger partial charge in [0.25, 0.3) is 0 Å². The molecule has 2 fully saturated rings. The summed E-state index contributed by atoms with van der Waals surface area (Å²) in [6.07, 6.45) is -1.69. The number of benzene rings is 5. The number of hydrogen-bond donors (Lipinski definition) is 5. The minimum Gasteiger partial charge on any atom is -0.491 e. The van der Waals surface area contributed by atoms with Crippen molar-refractivity contribution in [1.82, 2.24) is 10.2 Å². The smallest absolute Gasteiger partial charge is 0.324 e. The predicted octanol–water partition coefficient (Wildman–Crippen LogP) is 4.91. The zero-order valence-corrected chi connectivity index (χ0v) is 31.5. The number of anilines is 1. The molecule has 2 saturated heterocycles. The SMILES string of the molecule is O=C1O[C@H](c2ccccc2)[C@H](c2ccccc2)N2[C@H]1[C@@H](C(=O)NC[C@H](O)c1ccccc1)[C@]1(C(=O)Nc3ccc(C#CCCO)cc31)[C@H]2c1cccc(OCCO)c1. The van der Waals surface area contributed by atoms with Crippen molar-refractivity contribution in [2.45, 2.75) is 42.2 Å². The first-order chi connectivity index (χ1) is 28.4. The number of esters is 1. The number of fused-ring (bicyclic) bond motifs is 3. The molecule has 11 nitrogen and oxygen atoms in total. The number of carbonyl (C=O) groups is 3. The van der Waals surface area contributed by atoms with Gasteiger partial charge in [-0.25, -0.2) is 0 Å². The van der Waals surface area contributed by atoms with Crippen LogP contribution in [-0.2, 0) is 24.5 Å². The highest BCUT2D eigenvalue weighted by Gasteiger charge is 2.74. The van der Waals surface area contributed by atoms with Crippen molar-refractivity contribution in [3.05, 3.63) is 167 Å². The molecule has 58 heavy (non-hydrogen) atoms. The van der Waals surface area contributed by atoms with Crippen LogP contribution >= 0.6 is 0 Å². The summed E-state index contributed by atoms with van der Waals surface area (Å²) in [7, 11) is 0. The number of amides is 2. The Morgan fingerprint density at radius 2 is 1.52 bits per heavy atom. The van der Waals surface area contributed by atoms with Gasteiger partial charge in [0.15, 0.2) is 0 Å². The van der Waals surface area contributed by atoms with Crippen LogP contribution in [0.5, 0.6) is 5.75 Å². The molecule has 0 bridgehead atoms. The van der Waals surface area contributed by atoms with Gasteiger partial charge >= 0.3 is 5.97 Å². The Labute approximate surface area is 336 Å². The van der Waals surface area contributed by atoms with Crippen LogP contribution in [0.2, 0.25) is 0 Å². The molecule has 5 aromatic rings. The van der Waals surface area contributed by atoms with E-state index in [4.69, 9.17) is 9.47 Å². The normalized spacial score (nSPS) is 23.8. The number of morpholine rings is 1. The van der Waals surface area contributed by atoms with Crippen molar-refractivity contribution >= 4 is 23.5 Å². The van der Waals surface area contributed by atoms with Crippen LogP contribution in [0.3, 0.4) is 0 Å². The first-order valence-corrected chi connectivity index (χ1v) is 19.3. The quantitative estimate of drug-likeness (QED) is 0.0929. The molecule has 5 aromatic carbocycles. The summed E-state index contributed by atoms with van der Waals surface area (Å²) in [6, 6.07) is 37.4. The number of hydrogen-bond acceptors (Lipinski definition) is 9. The van der Waals surface area contributed by atoms with E-state index in [1.165, 1.54) is 0 Å². The third-order valence-corrected chi connectivity index (χ3v) is 11.2. The van der Waals surface area contributed by atoms with Crippen LogP contribution in [-0.4, -0.2) is 70.4 Å². The maximum absolute atomic E-state index is 15.3. The number of ether oxygens (including phenoxy) is 2. The standard InChI is InChI=1S/C47H43N3O8/c51-24-11-10-13-30-22-23-37-36(27-30)47(46(56)49-37)39(44(54)48-29-38(53)31-14-4-1-5-15-31)41-45(55)58-42(33-18-8-3-9-19-33)40(32-16-6-2-7-17-32)50(41)43(47)34-20-12-21-35(28-34)57-26-25-52/h1-9,12,14-23,27-28,38-43,51-53H,11,24-26,29H2,(H,48,54)(H,49,56)/t38-,39-,40-,41-,42+,43+,47-/m0/s1. The molecule has 0 radical (unpaired) electrons. The molecule has 1 spiro atoms. The number of aliphatic hydroxyl groups is 3. The van der Waals surface area contributed by atoms with E-state index in [1.54, 1.807) is 60.7 Å². The highest BCUT2D eigenvalue weighted by molar-refractivity contribution is 6.12. The molecule has 2 amide bonds. The number of rotatable bonds is 11. The lowest BCUT2D eigenvalue weighted by molar-refractivity contribution is -0.178. The summed E-state index contributed by atoms with van der Waals surface area (Å²) >= 11 is 0. The first-order valence-electron chi connectivity index (χ1n) is 19.3. The Balaban J connectivity index is 1.39. The van der Waals surface area contributed by atoms with E-state index in [-0.39, 0.29) is 32.8 Å². The molecule has 294 valence electrons. The fourth-order valence-corrected chi connectivity index (χ4v) is 8.93. The largest absolute Gasteiger partial charge is 0.491 e. The molecule has 3 aliphatic rings. The van der Waals surface area contributed by atoms with E-state index in [0.29, 0.717) is 33.7 Å². The van der Waals surface area contributed by atoms with Crippen LogP contribution in [0.4, 0.5) is 5.69 Å². The zero-order chi connectivity index (χ0) is 40.2. The summed E-state index contributed by atoms with van der Waals surface area (Å²) in [5.41, 5.74) is 2.40. The molecule has 7 atom stereocenters. The summed E-state index contributed by atoms with van der Waals surface area (Å²) in [5, 5.41) is 36.3. The van der Waals surface area contributed by atoms with Gasteiger partial charge in [-0.2, -0.15) is 0 Å². The molecule has 3 heterocycles. The molecule has 3 aliphatic heterocycles. The second-order valence-electron chi connectivity index (χ2n) is 14.6. The van der Waals surface area contributed by atoms with E-state index in [2.05, 4.69) is 22.5 Å². The average Bonchev–Trinajstić information content (AvgIpc) is 3.74. The molecular weight excluding hydrogens is 735 g/mol. The fourth-order valence-electron chi connectivity index (χ4n) is 8.93. The first kappa shape index (κ1) is 38.6. The molecule has 0 saturated carbocycles. The molecule has 11 heteroatoms. The number of cyclic esters (lactones) is 1. The molecular formula is C47H43N3O8. The summed E-state index contributed by atoms with van der Waals surface area (Å²) in [5.74, 6) is 3.29. The Kier molecular flexibility index (Phi) is 11.1. The van der Waals surface area contributed by atoms with E-state index in [9.17, 15) is 20.1 Å². The maximum Gasteiger partial charge on any atom is 0.324 e. The van der Waals surface area contributed by atoms with Crippen LogP contribution < -0.4 is 15.4 Å². The Morgan fingerprint density at radius 3 is 2.22 bits per heavy atom. The average molecular weight is 778 g/mol. The second-order valence-corrected chi connectivity index (χ2v) is 14.6. The van der Waals surface area contributed by atoms with Crippen molar-refractivity contribution in [3.63, 3.8) is 0 Å². The summed E-state index contributed by atoms with van der Waals surface area (Å²) in [6.45, 7) is -0.520. The van der Waals surface area contributed by atoms with Crippen molar-refractivity contribution in [1.29, 1.82) is 0 Å². The number of nitrogens with one attached hydrogen (secondary N) is 2. The summed E-state index contributed by atoms with van der Waals surface area (Å²) in [4.78, 5) is 47.5. The minimum absolute atomic E-state index is 0.0224. The van der Waals surface area contributed by atoms with Crippen molar-refractivity contribution in [2.75, 3.05) is 31.7 Å². The van der Waals surface area contributed by atoms with Crippen LogP contribution in [0.15, 0.2) is 133 Å². The maximum atomic E-state index is 15.3. The topological polar surface area (TPSA) is 158 Å². The van der Waals surface area contributed by atoms with Crippen LogP contribution in [0, 0.1) is 17.8 Å². The van der Waals surface area contributed by atoms with Crippen LogP contribution in [0.1, 0.15) is 64.1 Å².